The number of likely N-dealkylation sites (tertiary alicyclic amines) is 1. The van der Waals surface area contributed by atoms with Crippen molar-refractivity contribution >= 4 is 17.5 Å². The van der Waals surface area contributed by atoms with Crippen LogP contribution in [-0.4, -0.2) is 27.5 Å². The third kappa shape index (κ3) is 4.35. The van der Waals surface area contributed by atoms with Crippen LogP contribution in [0.2, 0.25) is 5.02 Å². The van der Waals surface area contributed by atoms with Gasteiger partial charge in [-0.15, -0.1) is 0 Å². The van der Waals surface area contributed by atoms with E-state index in [4.69, 9.17) is 16.1 Å². The van der Waals surface area contributed by atoms with Crippen LogP contribution in [0.1, 0.15) is 50.1 Å². The van der Waals surface area contributed by atoms with Gasteiger partial charge in [0.15, 0.2) is 0 Å². The van der Waals surface area contributed by atoms with Crippen molar-refractivity contribution in [2.24, 2.45) is 0 Å². The molecule has 5 nitrogen and oxygen atoms in total. The Morgan fingerprint density at radius 2 is 1.79 bits per heavy atom. The third-order valence-corrected chi connectivity index (χ3v) is 5.55. The fourth-order valence-corrected chi connectivity index (χ4v) is 3.66. The van der Waals surface area contributed by atoms with Crippen molar-refractivity contribution in [1.29, 1.82) is 0 Å². The molecule has 2 heterocycles. The Hall–Kier alpha value is -2.66. The molecule has 3 aromatic rings. The van der Waals surface area contributed by atoms with E-state index < -0.39 is 0 Å². The maximum Gasteiger partial charge on any atom is 0.232 e. The predicted octanol–water partition coefficient (Wildman–Crippen LogP) is 5.20. The Morgan fingerprint density at radius 1 is 1.10 bits per heavy atom. The number of hydrogen-bond acceptors (Lipinski definition) is 4. The van der Waals surface area contributed by atoms with Gasteiger partial charge in [0.1, 0.15) is 0 Å². The van der Waals surface area contributed by atoms with E-state index in [1.807, 2.05) is 41.3 Å². The number of amides is 1. The molecule has 1 fully saturated rings. The Morgan fingerprint density at radius 3 is 2.45 bits per heavy atom. The first-order valence-corrected chi connectivity index (χ1v) is 10.1. The number of halogens is 1. The van der Waals surface area contributed by atoms with E-state index in [1.54, 1.807) is 0 Å². The fourth-order valence-electron chi connectivity index (χ4n) is 3.54. The van der Waals surface area contributed by atoms with Gasteiger partial charge < -0.3 is 9.42 Å². The normalized spacial score (nSPS) is 17.2. The zero-order valence-electron chi connectivity index (χ0n) is 16.9. The summed E-state index contributed by atoms with van der Waals surface area (Å²) in [6.45, 7) is 7.68. The van der Waals surface area contributed by atoms with Gasteiger partial charge in [0.25, 0.3) is 0 Å². The number of benzene rings is 2. The van der Waals surface area contributed by atoms with E-state index >= 15 is 0 Å². The van der Waals surface area contributed by atoms with Gasteiger partial charge in [-0.25, -0.2) is 0 Å². The number of carbonyl (C=O) groups is 1. The summed E-state index contributed by atoms with van der Waals surface area (Å²) in [4.78, 5) is 18.8. The predicted molar refractivity (Wildman–Crippen MR) is 113 cm³/mol. The molecule has 2 aromatic carbocycles. The Balaban J connectivity index is 1.45. The lowest BCUT2D eigenvalue weighted by Crippen LogP contribution is -2.24. The van der Waals surface area contributed by atoms with Crippen molar-refractivity contribution in [3.05, 3.63) is 70.6 Å². The van der Waals surface area contributed by atoms with Gasteiger partial charge in [0.05, 0.1) is 5.92 Å². The van der Waals surface area contributed by atoms with Gasteiger partial charge in [-0.2, -0.15) is 4.98 Å². The minimum absolute atomic E-state index is 0.0788. The summed E-state index contributed by atoms with van der Waals surface area (Å²) >= 11 is 5.94. The number of nitrogens with zero attached hydrogens (tertiary/aromatic N) is 3. The van der Waals surface area contributed by atoms with Crippen LogP contribution >= 0.6 is 11.6 Å². The lowest BCUT2D eigenvalue weighted by molar-refractivity contribution is -0.128. The molecule has 0 saturated carbocycles. The van der Waals surface area contributed by atoms with Gasteiger partial charge in [-0.3, -0.25) is 4.79 Å². The summed E-state index contributed by atoms with van der Waals surface area (Å²) in [5, 5.41) is 4.82. The highest BCUT2D eigenvalue weighted by atomic mass is 35.5. The Kier molecular flexibility index (Phi) is 5.17. The van der Waals surface area contributed by atoms with Crippen molar-refractivity contribution in [2.75, 3.05) is 6.54 Å². The van der Waals surface area contributed by atoms with Crippen LogP contribution in [0.5, 0.6) is 0 Å². The molecule has 1 aromatic heterocycles. The molecule has 1 aliphatic rings. The standard InChI is InChI=1S/C23H24ClN3O2/c1-23(2,3)18-8-6-16(7-9-18)21-25-22(29-26-21)17-12-20(28)27(14-17)13-15-4-10-19(24)11-5-15/h4-11,17H,12-14H2,1-3H3. The Bertz CT molecular complexity index is 1000. The van der Waals surface area contributed by atoms with Gasteiger partial charge in [-0.05, 0) is 28.7 Å². The second kappa shape index (κ2) is 7.64. The van der Waals surface area contributed by atoms with Crippen LogP contribution in [0, 0.1) is 0 Å². The van der Waals surface area contributed by atoms with Gasteiger partial charge in [0.2, 0.25) is 17.6 Å². The van der Waals surface area contributed by atoms with Crippen LogP contribution in [0.4, 0.5) is 0 Å². The molecule has 29 heavy (non-hydrogen) atoms. The average Bonchev–Trinajstić information content (AvgIpc) is 3.30. The second-order valence-electron chi connectivity index (χ2n) is 8.59. The van der Waals surface area contributed by atoms with Crippen molar-refractivity contribution in [3.8, 4) is 11.4 Å². The number of rotatable bonds is 4. The lowest BCUT2D eigenvalue weighted by Gasteiger charge is -2.18. The summed E-state index contributed by atoms with van der Waals surface area (Å²) in [6.07, 6.45) is 0.387. The molecule has 1 atom stereocenters. The topological polar surface area (TPSA) is 59.2 Å². The molecule has 6 heteroatoms. The van der Waals surface area contributed by atoms with Crippen LogP contribution in [-0.2, 0) is 16.8 Å². The highest BCUT2D eigenvalue weighted by Gasteiger charge is 2.34. The quantitative estimate of drug-likeness (QED) is 0.594. The van der Waals surface area contributed by atoms with Crippen LogP contribution in [0.15, 0.2) is 53.1 Å². The van der Waals surface area contributed by atoms with Crippen LogP contribution in [0.3, 0.4) is 0 Å². The van der Waals surface area contributed by atoms with Crippen molar-refractivity contribution < 1.29 is 9.32 Å². The SMILES string of the molecule is CC(C)(C)c1ccc(-c2noc(C3CC(=O)N(Cc4ccc(Cl)cc4)C3)n2)cc1. The largest absolute Gasteiger partial charge is 0.339 e. The monoisotopic (exact) mass is 409 g/mol. The molecular weight excluding hydrogens is 386 g/mol. The van der Waals surface area contributed by atoms with Crippen molar-refractivity contribution in [1.82, 2.24) is 15.0 Å². The highest BCUT2D eigenvalue weighted by molar-refractivity contribution is 6.30. The molecule has 0 spiro atoms. The third-order valence-electron chi connectivity index (χ3n) is 5.30. The summed E-state index contributed by atoms with van der Waals surface area (Å²) in [6, 6.07) is 15.8. The van der Waals surface area contributed by atoms with E-state index in [2.05, 4.69) is 43.0 Å². The first-order valence-electron chi connectivity index (χ1n) is 9.76. The van der Waals surface area contributed by atoms with E-state index in [0.717, 1.165) is 11.1 Å². The number of carbonyl (C=O) groups excluding carboxylic acids is 1. The minimum Gasteiger partial charge on any atom is -0.339 e. The molecule has 1 aliphatic heterocycles. The first kappa shape index (κ1) is 19.6. The van der Waals surface area contributed by atoms with Gasteiger partial charge in [0, 0.05) is 30.1 Å². The first-order chi connectivity index (χ1) is 13.8. The van der Waals surface area contributed by atoms with E-state index in [-0.39, 0.29) is 17.2 Å². The summed E-state index contributed by atoms with van der Waals surface area (Å²) in [5.74, 6) is 1.10. The minimum atomic E-state index is -0.0788. The smallest absolute Gasteiger partial charge is 0.232 e. The van der Waals surface area contributed by atoms with Gasteiger partial charge >= 0.3 is 0 Å². The van der Waals surface area contributed by atoms with E-state index in [9.17, 15) is 4.79 Å². The molecule has 1 saturated heterocycles. The number of aromatic nitrogens is 2. The number of hydrogen-bond donors (Lipinski definition) is 0. The summed E-state index contributed by atoms with van der Waals surface area (Å²) < 4.78 is 5.51. The summed E-state index contributed by atoms with van der Waals surface area (Å²) in [5.41, 5.74) is 3.31. The molecule has 150 valence electrons. The highest BCUT2D eigenvalue weighted by Crippen LogP contribution is 2.30. The van der Waals surface area contributed by atoms with Gasteiger partial charge in [-0.1, -0.05) is 73.9 Å². The fraction of sp³-hybridized carbons (Fsp3) is 0.348. The van der Waals surface area contributed by atoms with E-state index in [1.165, 1.54) is 5.56 Å². The lowest BCUT2D eigenvalue weighted by atomic mass is 9.87. The summed E-state index contributed by atoms with van der Waals surface area (Å²) in [7, 11) is 0. The van der Waals surface area contributed by atoms with E-state index in [0.29, 0.717) is 36.2 Å². The molecule has 0 N–H and O–H groups in total. The molecule has 1 amide bonds. The molecule has 0 bridgehead atoms. The van der Waals surface area contributed by atoms with Crippen molar-refractivity contribution in [3.63, 3.8) is 0 Å². The average molecular weight is 410 g/mol. The maximum atomic E-state index is 12.4. The van der Waals surface area contributed by atoms with Crippen LogP contribution < -0.4 is 0 Å². The van der Waals surface area contributed by atoms with Crippen LogP contribution in [0.25, 0.3) is 11.4 Å². The zero-order chi connectivity index (χ0) is 20.6. The molecule has 1 unspecified atom stereocenters. The van der Waals surface area contributed by atoms with Crippen molar-refractivity contribution in [2.45, 2.75) is 45.1 Å². The molecule has 0 radical (unpaired) electrons. The molecular formula is C23H24ClN3O2. The molecule has 4 rings (SSSR count). The Labute approximate surface area is 175 Å². The maximum absolute atomic E-state index is 12.4. The molecule has 0 aliphatic carbocycles. The second-order valence-corrected chi connectivity index (χ2v) is 9.02. The zero-order valence-corrected chi connectivity index (χ0v) is 17.6.